The van der Waals surface area contributed by atoms with Gasteiger partial charge >= 0.3 is 0 Å². The molecule has 28 heavy (non-hydrogen) atoms. The third-order valence-electron chi connectivity index (χ3n) is 4.88. The van der Waals surface area contributed by atoms with Crippen LogP contribution < -0.4 is 0 Å². The number of pyridine rings is 1. The van der Waals surface area contributed by atoms with Crippen molar-refractivity contribution in [2.24, 2.45) is 4.99 Å². The van der Waals surface area contributed by atoms with Crippen LogP contribution in [0.2, 0.25) is 0 Å². The summed E-state index contributed by atoms with van der Waals surface area (Å²) in [6.45, 7) is 6.33. The minimum Gasteiger partial charge on any atom is -0.435 e. The van der Waals surface area contributed by atoms with Crippen LogP contribution in [0.15, 0.2) is 70.1 Å². The van der Waals surface area contributed by atoms with E-state index in [2.05, 4.69) is 37.0 Å². The molecule has 0 saturated carbocycles. The summed E-state index contributed by atoms with van der Waals surface area (Å²) < 4.78 is 5.87. The lowest BCUT2D eigenvalue weighted by atomic mass is 10.0. The van der Waals surface area contributed by atoms with Gasteiger partial charge in [-0.3, -0.25) is 4.99 Å². The number of oxazole rings is 1. The second-order valence-corrected chi connectivity index (χ2v) is 6.72. The van der Waals surface area contributed by atoms with E-state index in [0.29, 0.717) is 11.6 Å². The first-order valence-corrected chi connectivity index (χ1v) is 9.69. The van der Waals surface area contributed by atoms with Crippen molar-refractivity contribution in [3.8, 4) is 11.6 Å². The molecule has 0 unspecified atom stereocenters. The van der Waals surface area contributed by atoms with E-state index in [0.717, 1.165) is 41.0 Å². The second kappa shape index (κ2) is 7.77. The van der Waals surface area contributed by atoms with Gasteiger partial charge in [-0.05, 0) is 55.2 Å². The molecule has 140 valence electrons. The molecular weight excluding hydrogens is 346 g/mol. The Morgan fingerprint density at radius 2 is 1.57 bits per heavy atom. The molecule has 2 aromatic carbocycles. The van der Waals surface area contributed by atoms with Gasteiger partial charge in [0.1, 0.15) is 11.2 Å². The van der Waals surface area contributed by atoms with Gasteiger partial charge < -0.3 is 4.42 Å². The lowest BCUT2D eigenvalue weighted by Crippen LogP contribution is -2.00. The van der Waals surface area contributed by atoms with Crippen LogP contribution >= 0.6 is 0 Å². The average molecular weight is 369 g/mol. The molecule has 2 heterocycles. The van der Waals surface area contributed by atoms with Crippen molar-refractivity contribution in [3.05, 3.63) is 77.5 Å². The number of aryl methyl sites for hydroxylation is 2. The summed E-state index contributed by atoms with van der Waals surface area (Å²) >= 11 is 0. The third kappa shape index (κ3) is 3.46. The summed E-state index contributed by atoms with van der Waals surface area (Å²) in [6, 6.07) is 20.0. The number of hydrogen-bond donors (Lipinski definition) is 0. The topological polar surface area (TPSA) is 51.3 Å². The molecule has 0 N–H and O–H groups in total. The number of hydrogen-bond acceptors (Lipinski definition) is 4. The first-order valence-electron chi connectivity index (χ1n) is 9.69. The van der Waals surface area contributed by atoms with Gasteiger partial charge in [-0.1, -0.05) is 50.2 Å². The van der Waals surface area contributed by atoms with E-state index in [1.807, 2.05) is 49.4 Å². The minimum atomic E-state index is 0.527. The molecule has 0 radical (unpaired) electrons. The zero-order chi connectivity index (χ0) is 19.5. The Bertz CT molecular complexity index is 1100. The van der Waals surface area contributed by atoms with E-state index >= 15 is 0 Å². The number of aromatic nitrogens is 2. The zero-order valence-corrected chi connectivity index (χ0v) is 16.4. The molecule has 0 fully saturated rings. The number of nitrogens with zero attached hydrogens (tertiary/aromatic N) is 3. The summed E-state index contributed by atoms with van der Waals surface area (Å²) in [4.78, 5) is 14.3. The maximum absolute atomic E-state index is 5.87. The van der Waals surface area contributed by atoms with E-state index in [1.165, 1.54) is 11.1 Å². The van der Waals surface area contributed by atoms with Crippen molar-refractivity contribution < 1.29 is 4.42 Å². The largest absolute Gasteiger partial charge is 0.435 e. The van der Waals surface area contributed by atoms with E-state index < -0.39 is 0 Å². The monoisotopic (exact) mass is 369 g/mol. The highest BCUT2D eigenvalue weighted by Gasteiger charge is 2.12. The van der Waals surface area contributed by atoms with E-state index in [4.69, 9.17) is 14.4 Å². The molecule has 0 aliphatic heterocycles. The minimum absolute atomic E-state index is 0.527. The summed E-state index contributed by atoms with van der Waals surface area (Å²) in [5.74, 6) is 0.527. The predicted molar refractivity (Wildman–Crippen MR) is 114 cm³/mol. The highest BCUT2D eigenvalue weighted by Crippen LogP contribution is 2.27. The summed E-state index contributed by atoms with van der Waals surface area (Å²) in [5, 5.41) is 0. The lowest BCUT2D eigenvalue weighted by molar-refractivity contribution is 0.616. The zero-order valence-electron chi connectivity index (χ0n) is 16.4. The average Bonchev–Trinajstić information content (AvgIpc) is 3.18. The smallest absolute Gasteiger partial charge is 0.246 e. The molecule has 4 rings (SSSR count). The summed E-state index contributed by atoms with van der Waals surface area (Å²) in [7, 11) is 0. The van der Waals surface area contributed by atoms with E-state index in [-0.39, 0.29) is 0 Å². The highest BCUT2D eigenvalue weighted by molar-refractivity contribution is 5.99. The first-order chi connectivity index (χ1) is 13.7. The molecule has 2 aromatic heterocycles. The Balaban J connectivity index is 1.74. The Morgan fingerprint density at radius 1 is 0.857 bits per heavy atom. The molecule has 0 spiro atoms. The molecule has 0 aliphatic carbocycles. The van der Waals surface area contributed by atoms with Crippen LogP contribution in [0.5, 0.6) is 0 Å². The molecule has 0 bridgehead atoms. The van der Waals surface area contributed by atoms with E-state index in [1.54, 1.807) is 0 Å². The van der Waals surface area contributed by atoms with Crippen molar-refractivity contribution in [1.29, 1.82) is 0 Å². The van der Waals surface area contributed by atoms with Crippen molar-refractivity contribution in [2.45, 2.75) is 33.6 Å². The number of fused-ring (bicyclic) bond motifs is 1. The van der Waals surface area contributed by atoms with Gasteiger partial charge in [0, 0.05) is 0 Å². The third-order valence-corrected chi connectivity index (χ3v) is 4.88. The van der Waals surface area contributed by atoms with Crippen molar-refractivity contribution >= 4 is 22.5 Å². The fraction of sp³-hybridized carbons (Fsp3) is 0.208. The Labute approximate surface area is 165 Å². The van der Waals surface area contributed by atoms with Crippen LogP contribution in [0, 0.1) is 0 Å². The molecule has 4 heteroatoms. The fourth-order valence-corrected chi connectivity index (χ4v) is 3.32. The summed E-state index contributed by atoms with van der Waals surface area (Å²) in [6.07, 6.45) is 1.91. The molecule has 0 aliphatic rings. The van der Waals surface area contributed by atoms with Crippen molar-refractivity contribution in [1.82, 2.24) is 9.97 Å². The van der Waals surface area contributed by atoms with Crippen molar-refractivity contribution in [2.75, 3.05) is 0 Å². The van der Waals surface area contributed by atoms with Crippen LogP contribution in [0.4, 0.5) is 5.69 Å². The first kappa shape index (κ1) is 18.1. The van der Waals surface area contributed by atoms with Crippen LogP contribution in [-0.2, 0) is 12.8 Å². The van der Waals surface area contributed by atoms with Gasteiger partial charge in [0.05, 0.1) is 17.1 Å². The molecule has 0 saturated heterocycles. The van der Waals surface area contributed by atoms with Gasteiger partial charge in [0.2, 0.25) is 5.89 Å². The fourth-order valence-electron chi connectivity index (χ4n) is 3.32. The number of rotatable bonds is 5. The van der Waals surface area contributed by atoms with Crippen LogP contribution in [0.1, 0.15) is 37.6 Å². The molecule has 0 amide bonds. The maximum Gasteiger partial charge on any atom is 0.246 e. The van der Waals surface area contributed by atoms with Gasteiger partial charge in [0.25, 0.3) is 0 Å². The SMILES string of the molecule is CCc1cccc(CC)c1N=C(C)c1cccc(-c2nc3ccccc3o2)n1. The number of aliphatic imine (C=N–C) groups is 1. The lowest BCUT2D eigenvalue weighted by Gasteiger charge is -2.10. The number of para-hydroxylation sites is 3. The van der Waals surface area contributed by atoms with Crippen molar-refractivity contribution in [3.63, 3.8) is 0 Å². The van der Waals surface area contributed by atoms with Crippen LogP contribution in [-0.4, -0.2) is 15.7 Å². The Hall–Kier alpha value is -3.27. The standard InChI is InChI=1S/C24H23N3O/c1-4-17-10-8-11-18(5-2)23(17)25-16(3)19-13-9-14-21(26-19)24-27-20-12-6-7-15-22(20)28-24/h6-15H,4-5H2,1-3H3. The molecule has 4 nitrogen and oxygen atoms in total. The second-order valence-electron chi connectivity index (χ2n) is 6.72. The van der Waals surface area contributed by atoms with Gasteiger partial charge in [-0.2, -0.15) is 0 Å². The quantitative estimate of drug-likeness (QED) is 0.396. The molecular formula is C24H23N3O. The highest BCUT2D eigenvalue weighted by atomic mass is 16.3. The van der Waals surface area contributed by atoms with E-state index in [9.17, 15) is 0 Å². The summed E-state index contributed by atoms with van der Waals surface area (Å²) in [5.41, 5.74) is 7.60. The predicted octanol–water partition coefficient (Wildman–Crippen LogP) is 6.16. The Kier molecular flexibility index (Phi) is 5.02. The van der Waals surface area contributed by atoms with Crippen LogP contribution in [0.3, 0.4) is 0 Å². The Morgan fingerprint density at radius 3 is 2.29 bits per heavy atom. The molecule has 4 aromatic rings. The maximum atomic E-state index is 5.87. The van der Waals surface area contributed by atoms with Gasteiger partial charge in [0.15, 0.2) is 5.58 Å². The molecule has 0 atom stereocenters. The van der Waals surface area contributed by atoms with Gasteiger partial charge in [-0.25, -0.2) is 9.97 Å². The van der Waals surface area contributed by atoms with Crippen LogP contribution in [0.25, 0.3) is 22.7 Å². The normalized spacial score (nSPS) is 11.9. The number of benzene rings is 2. The van der Waals surface area contributed by atoms with Gasteiger partial charge in [-0.15, -0.1) is 0 Å².